The minimum Gasteiger partial charge on any atom is -0.493 e. The first kappa shape index (κ1) is 28.9. The Bertz CT molecular complexity index is 1160. The average Bonchev–Trinajstić information content (AvgIpc) is 3.34. The number of unbranched alkanes of at least 4 members (excludes halogenated alkanes) is 3. The highest BCUT2D eigenvalue weighted by Crippen LogP contribution is 2.40. The summed E-state index contributed by atoms with van der Waals surface area (Å²) in [6.07, 6.45) is -5.64. The van der Waals surface area contributed by atoms with Crippen LogP contribution in [0.4, 0.5) is 26.3 Å². The van der Waals surface area contributed by atoms with Crippen LogP contribution in [-0.4, -0.2) is 28.5 Å². The largest absolute Gasteiger partial charge is 0.493 e. The van der Waals surface area contributed by atoms with Crippen LogP contribution in [-0.2, 0) is 24.3 Å². The fraction of sp³-hybridized carbons (Fsp3) is 0.440. The zero-order chi connectivity index (χ0) is 27.3. The molecule has 0 radical (unpaired) electrons. The van der Waals surface area contributed by atoms with Gasteiger partial charge in [-0.1, -0.05) is 36.3 Å². The monoisotopic (exact) mass is 547 g/mol. The minimum absolute atomic E-state index is 0.0910. The molecule has 1 aromatic heterocycles. The highest BCUT2D eigenvalue weighted by atomic mass is 32.1. The maximum Gasteiger partial charge on any atom is 0.419 e. The molecule has 3 N–H and O–H groups in total. The molecular weight excluding hydrogens is 520 g/mol. The molecule has 0 amide bonds. The molecule has 0 unspecified atom stereocenters. The third kappa shape index (κ3) is 7.89. The highest BCUT2D eigenvalue weighted by molar-refractivity contribution is 7.14. The minimum atomic E-state index is -4.64. The van der Waals surface area contributed by atoms with Crippen molar-refractivity contribution in [2.24, 2.45) is 5.73 Å². The summed E-state index contributed by atoms with van der Waals surface area (Å²) in [5.74, 6) is -0.287. The van der Waals surface area contributed by atoms with Crippen molar-refractivity contribution in [2.45, 2.75) is 56.9 Å². The summed E-state index contributed by atoms with van der Waals surface area (Å²) in [6.45, 7) is 1.25. The zero-order valence-corrected chi connectivity index (χ0v) is 20.8. The molecule has 0 fully saturated rings. The second-order valence-electron chi connectivity index (χ2n) is 8.90. The van der Waals surface area contributed by atoms with Gasteiger partial charge >= 0.3 is 12.4 Å². The fourth-order valence-electron chi connectivity index (χ4n) is 3.48. The first-order valence-corrected chi connectivity index (χ1v) is 12.4. The van der Waals surface area contributed by atoms with Crippen molar-refractivity contribution in [3.05, 3.63) is 64.2 Å². The van der Waals surface area contributed by atoms with Crippen molar-refractivity contribution in [1.82, 2.24) is 10.2 Å². The van der Waals surface area contributed by atoms with Crippen molar-refractivity contribution in [1.29, 1.82) is 0 Å². The molecule has 0 saturated carbocycles. The number of ether oxygens (including phenoxy) is 1. The van der Waals surface area contributed by atoms with E-state index in [4.69, 9.17) is 10.5 Å². The van der Waals surface area contributed by atoms with Crippen LogP contribution in [0.1, 0.15) is 54.3 Å². The Hall–Kier alpha value is -2.70. The molecule has 37 heavy (non-hydrogen) atoms. The molecule has 202 valence electrons. The molecule has 0 saturated heterocycles. The van der Waals surface area contributed by atoms with Gasteiger partial charge in [-0.3, -0.25) is 0 Å². The molecule has 1 atom stereocenters. The SMILES string of the molecule is C[C@](N)(CO)c1nnc(-c2ccc(OCCCCCCc3ccc(C(F)(F)F)cc3)c(C(F)(F)F)c2)s1. The lowest BCUT2D eigenvalue weighted by Gasteiger charge is -2.17. The lowest BCUT2D eigenvalue weighted by molar-refractivity contribution is -0.139. The summed E-state index contributed by atoms with van der Waals surface area (Å²) >= 11 is 1.01. The maximum atomic E-state index is 13.7. The maximum absolute atomic E-state index is 13.7. The normalized spacial score (nSPS) is 14.0. The standard InChI is InChI=1S/C25H27F6N3O2S/c1-23(32,15-35)22-34-33-21(37-22)17-9-12-20(19(14-17)25(29,30)31)36-13-5-3-2-4-6-16-7-10-18(11-8-16)24(26,27)28/h7-12,14,35H,2-6,13,15,32H2,1H3/t23-/m0/s1. The van der Waals surface area contributed by atoms with Gasteiger partial charge in [0, 0.05) is 5.56 Å². The van der Waals surface area contributed by atoms with Crippen molar-refractivity contribution >= 4 is 11.3 Å². The summed E-state index contributed by atoms with van der Waals surface area (Å²) in [6, 6.07) is 8.69. The molecule has 0 aliphatic carbocycles. The number of aromatic nitrogens is 2. The van der Waals surface area contributed by atoms with Gasteiger partial charge in [0.1, 0.15) is 15.8 Å². The van der Waals surface area contributed by atoms with Crippen LogP contribution < -0.4 is 10.5 Å². The zero-order valence-electron chi connectivity index (χ0n) is 20.0. The second-order valence-corrected chi connectivity index (χ2v) is 9.88. The Morgan fingerprint density at radius 3 is 2.19 bits per heavy atom. The summed E-state index contributed by atoms with van der Waals surface area (Å²) in [4.78, 5) is 0. The van der Waals surface area contributed by atoms with Gasteiger partial charge in [-0.05, 0) is 62.1 Å². The van der Waals surface area contributed by atoms with Crippen molar-refractivity contribution in [3.63, 3.8) is 0 Å². The number of hydrogen-bond acceptors (Lipinski definition) is 6. The highest BCUT2D eigenvalue weighted by Gasteiger charge is 2.35. The number of aliphatic hydroxyl groups excluding tert-OH is 1. The van der Waals surface area contributed by atoms with Gasteiger partial charge in [0.25, 0.3) is 0 Å². The van der Waals surface area contributed by atoms with Gasteiger partial charge in [-0.25, -0.2) is 0 Å². The molecule has 1 heterocycles. The van der Waals surface area contributed by atoms with Crippen LogP contribution in [0.3, 0.4) is 0 Å². The van der Waals surface area contributed by atoms with Gasteiger partial charge in [0.15, 0.2) is 0 Å². The topological polar surface area (TPSA) is 81.3 Å². The van der Waals surface area contributed by atoms with E-state index < -0.39 is 35.6 Å². The van der Waals surface area contributed by atoms with E-state index in [1.54, 1.807) is 6.92 Å². The van der Waals surface area contributed by atoms with Crippen molar-refractivity contribution in [2.75, 3.05) is 13.2 Å². The summed E-state index contributed by atoms with van der Waals surface area (Å²) in [5.41, 5.74) is 4.16. The van der Waals surface area contributed by atoms with Gasteiger partial charge in [0.05, 0.1) is 29.9 Å². The first-order valence-electron chi connectivity index (χ1n) is 11.6. The lowest BCUT2D eigenvalue weighted by Crippen LogP contribution is -2.36. The predicted octanol–water partition coefficient (Wildman–Crippen LogP) is 6.59. The Balaban J connectivity index is 1.51. The number of aryl methyl sites for hydroxylation is 1. The van der Waals surface area contributed by atoms with E-state index in [0.717, 1.165) is 47.9 Å². The molecule has 5 nitrogen and oxygen atoms in total. The van der Waals surface area contributed by atoms with Gasteiger partial charge in [0.2, 0.25) is 0 Å². The molecule has 0 spiro atoms. The van der Waals surface area contributed by atoms with Gasteiger partial charge < -0.3 is 15.6 Å². The quantitative estimate of drug-likeness (QED) is 0.209. The molecule has 0 aliphatic heterocycles. The van der Waals surface area contributed by atoms with Gasteiger partial charge in [-0.15, -0.1) is 10.2 Å². The average molecular weight is 548 g/mol. The van der Waals surface area contributed by atoms with Crippen molar-refractivity contribution in [3.8, 4) is 16.3 Å². The number of nitrogens with two attached hydrogens (primary N) is 1. The first-order chi connectivity index (χ1) is 17.3. The van der Waals surface area contributed by atoms with Crippen LogP contribution >= 0.6 is 11.3 Å². The number of nitrogens with zero attached hydrogens (tertiary/aromatic N) is 2. The molecule has 3 aromatic rings. The Morgan fingerprint density at radius 2 is 1.57 bits per heavy atom. The van der Waals surface area contributed by atoms with Crippen molar-refractivity contribution < 1.29 is 36.2 Å². The van der Waals surface area contributed by atoms with E-state index >= 15 is 0 Å². The Kier molecular flexibility index (Phi) is 9.19. The van der Waals surface area contributed by atoms with Crippen LogP contribution in [0.5, 0.6) is 5.75 Å². The smallest absolute Gasteiger partial charge is 0.419 e. The van der Waals surface area contributed by atoms with E-state index in [9.17, 15) is 31.4 Å². The van der Waals surface area contributed by atoms with Crippen LogP contribution in [0.25, 0.3) is 10.6 Å². The lowest BCUT2D eigenvalue weighted by atomic mass is 10.0. The summed E-state index contributed by atoms with van der Waals surface area (Å²) in [7, 11) is 0. The van der Waals surface area contributed by atoms with Gasteiger partial charge in [-0.2, -0.15) is 26.3 Å². The number of alkyl halides is 6. The molecule has 2 aromatic carbocycles. The van der Waals surface area contributed by atoms with Crippen LogP contribution in [0.2, 0.25) is 0 Å². The van der Waals surface area contributed by atoms with E-state index in [-0.39, 0.29) is 22.9 Å². The van der Waals surface area contributed by atoms with E-state index in [1.807, 2.05) is 0 Å². The Morgan fingerprint density at radius 1 is 0.892 bits per heavy atom. The number of aliphatic hydroxyl groups is 1. The second kappa shape index (κ2) is 11.8. The van der Waals surface area contributed by atoms with Crippen LogP contribution in [0.15, 0.2) is 42.5 Å². The number of hydrogen-bond donors (Lipinski definition) is 2. The fourth-order valence-corrected chi connectivity index (χ4v) is 4.36. The molecular formula is C25H27F6N3O2S. The third-order valence-electron chi connectivity index (χ3n) is 5.67. The Labute approximate surface area is 214 Å². The number of rotatable bonds is 11. The van der Waals surface area contributed by atoms with E-state index in [0.29, 0.717) is 24.3 Å². The van der Waals surface area contributed by atoms with E-state index in [1.165, 1.54) is 24.3 Å². The van der Waals surface area contributed by atoms with Crippen LogP contribution in [0, 0.1) is 0 Å². The summed E-state index contributed by atoms with van der Waals surface area (Å²) in [5, 5.41) is 17.7. The molecule has 3 rings (SSSR count). The molecule has 0 bridgehead atoms. The number of halogens is 6. The van der Waals surface area contributed by atoms with E-state index in [2.05, 4.69) is 10.2 Å². The molecule has 12 heteroatoms. The third-order valence-corrected chi connectivity index (χ3v) is 6.92. The summed E-state index contributed by atoms with van der Waals surface area (Å²) < 4.78 is 84.4. The number of benzene rings is 2. The molecule has 0 aliphatic rings. The predicted molar refractivity (Wildman–Crippen MR) is 128 cm³/mol.